The van der Waals surface area contributed by atoms with Crippen molar-refractivity contribution in [3.8, 4) is 18.1 Å². The summed E-state index contributed by atoms with van der Waals surface area (Å²) < 4.78 is 41.0. The zero-order valence-corrected chi connectivity index (χ0v) is 12.0. The quantitative estimate of drug-likeness (QED) is 0.360. The minimum absolute atomic E-state index is 0.0203. The molecule has 0 bridgehead atoms. The van der Waals surface area contributed by atoms with Crippen molar-refractivity contribution < 1.29 is 18.3 Å². The normalized spacial score (nSPS) is 9.95. The van der Waals surface area contributed by atoms with Gasteiger partial charge in [-0.15, -0.1) is 6.42 Å². The van der Waals surface area contributed by atoms with Crippen molar-refractivity contribution in [1.29, 1.82) is 0 Å². The highest BCUT2D eigenvalue weighted by molar-refractivity contribution is 5.99. The Hall–Kier alpha value is -2.35. The van der Waals surface area contributed by atoms with Gasteiger partial charge in [0.15, 0.2) is 17.5 Å². The van der Waals surface area contributed by atoms with E-state index in [0.717, 1.165) is 0 Å². The Kier molecular flexibility index (Phi) is 5.09. The highest BCUT2D eigenvalue weighted by Gasteiger charge is 2.24. The molecule has 0 fully saturated rings. The number of benzene rings is 2. The van der Waals surface area contributed by atoms with E-state index in [-0.39, 0.29) is 11.1 Å². The van der Waals surface area contributed by atoms with Crippen molar-refractivity contribution in [2.45, 2.75) is 27.2 Å². The lowest BCUT2D eigenvalue weighted by atomic mass is 9.95. The first kappa shape index (κ1) is 16.7. The lowest BCUT2D eigenvalue weighted by molar-refractivity contribution is 0.445. The van der Waals surface area contributed by atoms with E-state index >= 15 is 0 Å². The van der Waals surface area contributed by atoms with Crippen molar-refractivity contribution in [1.82, 2.24) is 0 Å². The number of phenolic OH excluding ortho intramolecular Hbond substituents is 1. The van der Waals surface area contributed by atoms with E-state index < -0.39 is 34.2 Å². The van der Waals surface area contributed by atoms with Crippen molar-refractivity contribution in [2.24, 2.45) is 0 Å². The molecule has 2 nitrogen and oxygen atoms in total. The van der Waals surface area contributed by atoms with Gasteiger partial charge in [-0.25, -0.2) is 13.2 Å². The van der Waals surface area contributed by atoms with E-state index in [1.165, 1.54) is 6.07 Å². The Morgan fingerprint density at radius 2 is 1.71 bits per heavy atom. The highest BCUT2D eigenvalue weighted by atomic mass is 19.2. The molecule has 0 heterocycles. The first-order valence-electron chi connectivity index (χ1n) is 6.51. The van der Waals surface area contributed by atoms with Gasteiger partial charge in [0, 0.05) is 5.39 Å². The second kappa shape index (κ2) is 6.40. The van der Waals surface area contributed by atoms with Crippen LogP contribution in [-0.4, -0.2) is 5.11 Å². The summed E-state index contributed by atoms with van der Waals surface area (Å²) in [5, 5.41) is 9.27. The van der Waals surface area contributed by atoms with Gasteiger partial charge in [-0.2, -0.15) is 0 Å². The fourth-order valence-electron chi connectivity index (χ4n) is 2.09. The number of hydrogen-bond acceptors (Lipinski definition) is 2. The number of aromatic hydroxyl groups is 1. The summed E-state index contributed by atoms with van der Waals surface area (Å²) in [5.74, 6) is -3.30. The molecule has 2 aromatic carbocycles. The molecule has 5 heteroatoms. The number of aryl methyl sites for hydroxylation is 1. The monoisotopic (exact) mass is 295 g/mol. The zero-order chi connectivity index (χ0) is 16.3. The molecule has 21 heavy (non-hydrogen) atoms. The molecule has 0 aliphatic carbocycles. The summed E-state index contributed by atoms with van der Waals surface area (Å²) in [7, 11) is 0. The maximum Gasteiger partial charge on any atom is 0.196 e. The molecule has 0 saturated carbocycles. The minimum Gasteiger partial charge on any atom is -0.505 e. The van der Waals surface area contributed by atoms with E-state index in [2.05, 4.69) is 0 Å². The van der Waals surface area contributed by atoms with Crippen molar-refractivity contribution in [2.75, 3.05) is 5.73 Å². The summed E-state index contributed by atoms with van der Waals surface area (Å²) in [5.41, 5.74) is 5.44. The van der Waals surface area contributed by atoms with Crippen LogP contribution in [0.5, 0.6) is 5.75 Å². The van der Waals surface area contributed by atoms with Crippen molar-refractivity contribution in [3.05, 3.63) is 34.6 Å². The predicted octanol–water partition coefficient (Wildman–Crippen LogP) is 4.11. The Bertz CT molecular complexity index is 733. The minimum atomic E-state index is -1.72. The topological polar surface area (TPSA) is 46.2 Å². The lowest BCUT2D eigenvalue weighted by Crippen LogP contribution is -2.02. The van der Waals surface area contributed by atoms with E-state index in [1.54, 1.807) is 6.92 Å². The predicted molar refractivity (Wildman–Crippen MR) is 78.6 cm³/mol. The van der Waals surface area contributed by atoms with Crippen LogP contribution in [0, 0.1) is 29.8 Å². The summed E-state index contributed by atoms with van der Waals surface area (Å²) >= 11 is 0. The van der Waals surface area contributed by atoms with E-state index in [1.807, 2.05) is 19.8 Å². The van der Waals surface area contributed by atoms with Crippen LogP contribution in [0.3, 0.4) is 0 Å². The maximum absolute atomic E-state index is 13.8. The Labute approximate surface area is 121 Å². The summed E-state index contributed by atoms with van der Waals surface area (Å²) in [6, 6.07) is 1.37. The largest absolute Gasteiger partial charge is 0.505 e. The fourth-order valence-corrected chi connectivity index (χ4v) is 2.09. The van der Waals surface area contributed by atoms with E-state index in [0.29, 0.717) is 12.0 Å². The van der Waals surface area contributed by atoms with Crippen LogP contribution < -0.4 is 5.73 Å². The number of hydrogen-bond donors (Lipinski definition) is 2. The second-order valence-corrected chi connectivity index (χ2v) is 4.04. The Morgan fingerprint density at radius 1 is 1.14 bits per heavy atom. The molecule has 3 N–H and O–H groups in total. The number of rotatable bonds is 1. The van der Waals surface area contributed by atoms with Gasteiger partial charge in [-0.3, -0.25) is 0 Å². The molecular formula is C16H16F3NO. The van der Waals surface area contributed by atoms with Crippen LogP contribution in [-0.2, 0) is 6.42 Å². The molecule has 0 spiro atoms. The molecule has 0 amide bonds. The van der Waals surface area contributed by atoms with Gasteiger partial charge in [0.2, 0.25) is 0 Å². The molecule has 0 aliphatic heterocycles. The van der Waals surface area contributed by atoms with Crippen LogP contribution in [0.4, 0.5) is 18.9 Å². The lowest BCUT2D eigenvalue weighted by Gasteiger charge is -2.13. The molecule has 0 radical (unpaired) electrons. The molecule has 2 rings (SSSR count). The number of fused-ring (bicyclic) bond motifs is 1. The highest BCUT2D eigenvalue weighted by Crippen LogP contribution is 2.39. The Balaban J connectivity index is 0.00000106. The van der Waals surface area contributed by atoms with Crippen molar-refractivity contribution >= 4 is 16.5 Å². The first-order chi connectivity index (χ1) is 9.93. The second-order valence-electron chi connectivity index (χ2n) is 4.04. The molecular weight excluding hydrogens is 279 g/mol. The number of nitrogen functional groups attached to an aromatic ring is 1. The van der Waals surface area contributed by atoms with E-state index in [9.17, 15) is 18.3 Å². The number of nitrogens with two attached hydrogens (primary N) is 1. The SMILES string of the molecule is C#Cc1c(F)c(F)c(F)c2c(O)c(N)cc(CC)c12.CC. The molecule has 0 atom stereocenters. The smallest absolute Gasteiger partial charge is 0.196 e. The van der Waals surface area contributed by atoms with Crippen LogP contribution in [0.15, 0.2) is 6.07 Å². The number of phenols is 1. The molecule has 2 aromatic rings. The summed E-state index contributed by atoms with van der Waals surface area (Å²) in [4.78, 5) is 0. The van der Waals surface area contributed by atoms with E-state index in [4.69, 9.17) is 12.2 Å². The third-order valence-electron chi connectivity index (χ3n) is 3.01. The average Bonchev–Trinajstić information content (AvgIpc) is 2.50. The average molecular weight is 295 g/mol. The van der Waals surface area contributed by atoms with Crippen LogP contribution in [0.1, 0.15) is 31.9 Å². The van der Waals surface area contributed by atoms with Gasteiger partial charge >= 0.3 is 0 Å². The third-order valence-corrected chi connectivity index (χ3v) is 3.01. The molecule has 0 unspecified atom stereocenters. The zero-order valence-electron chi connectivity index (χ0n) is 12.0. The van der Waals surface area contributed by atoms with Gasteiger partial charge in [0.25, 0.3) is 0 Å². The number of terminal acetylenes is 1. The maximum atomic E-state index is 13.8. The molecule has 0 saturated heterocycles. The number of anilines is 1. The molecule has 112 valence electrons. The summed E-state index contributed by atoms with van der Waals surface area (Å²) in [6.45, 7) is 5.73. The van der Waals surface area contributed by atoms with Gasteiger partial charge < -0.3 is 10.8 Å². The number of halogens is 3. The molecule has 0 aromatic heterocycles. The Morgan fingerprint density at radius 3 is 2.19 bits per heavy atom. The van der Waals surface area contributed by atoms with Crippen LogP contribution in [0.25, 0.3) is 10.8 Å². The van der Waals surface area contributed by atoms with Gasteiger partial charge in [-0.1, -0.05) is 26.7 Å². The van der Waals surface area contributed by atoms with Gasteiger partial charge in [0.1, 0.15) is 5.75 Å². The summed E-state index contributed by atoms with van der Waals surface area (Å²) in [6.07, 6.45) is 5.53. The van der Waals surface area contributed by atoms with Crippen LogP contribution >= 0.6 is 0 Å². The van der Waals surface area contributed by atoms with Crippen molar-refractivity contribution in [3.63, 3.8) is 0 Å². The molecule has 0 aliphatic rings. The fraction of sp³-hybridized carbons (Fsp3) is 0.250. The van der Waals surface area contributed by atoms with Gasteiger partial charge in [-0.05, 0) is 18.1 Å². The first-order valence-corrected chi connectivity index (χ1v) is 6.51. The third kappa shape index (κ3) is 2.49. The standard InChI is InChI=1S/C14H10F3NO.C2H6/c1-3-6-5-8(18)14(19)10-9(6)7(4-2)11(15)13(17)12(10)16;1-2/h2,5,19H,3,18H2,1H3;1-2H3. The van der Waals surface area contributed by atoms with Crippen LogP contribution in [0.2, 0.25) is 0 Å². The van der Waals surface area contributed by atoms with Gasteiger partial charge in [0.05, 0.1) is 16.6 Å².